The zero-order chi connectivity index (χ0) is 37.2. The summed E-state index contributed by atoms with van der Waals surface area (Å²) in [6, 6.07) is 16.3. The van der Waals surface area contributed by atoms with Crippen molar-refractivity contribution in [3.63, 3.8) is 0 Å². The van der Waals surface area contributed by atoms with Gasteiger partial charge in [-0.05, 0) is 30.0 Å². The summed E-state index contributed by atoms with van der Waals surface area (Å²) in [6.45, 7) is 9.61. The molecule has 13 heteroatoms. The Morgan fingerprint density at radius 1 is 1.13 bits per heavy atom. The second-order valence-corrected chi connectivity index (χ2v) is 14.3. The maximum atomic E-state index is 14.1. The standard InChI is InChI=1S/C39H43N5O8/c1-6-25-19-39(25,36(47)48)43-35(46)31-17-27(21-44(31)37(49)42-33(38(2,3)4)20-40-34(45)24-14-15-51-22-24)52-32-18-29(23-10-8-7-9-11-23)41-30-16-26(50-5)12-13-28(30)32/h6-16,18,22,25,27,31,33H,1,17,19-21H2,2-5H3,(H,40,45)(H,42,49)(H,43,46)(H,47,48)/t25?,27-,31+,33-,39-/m1/s1. The quantitative estimate of drug-likeness (QED) is 0.147. The number of amides is 4. The maximum absolute atomic E-state index is 14.1. The van der Waals surface area contributed by atoms with Crippen molar-refractivity contribution in [2.45, 2.75) is 57.3 Å². The first kappa shape index (κ1) is 36.0. The van der Waals surface area contributed by atoms with Gasteiger partial charge in [0, 0.05) is 42.0 Å². The van der Waals surface area contributed by atoms with E-state index in [1.165, 1.54) is 23.5 Å². The van der Waals surface area contributed by atoms with Crippen molar-refractivity contribution >= 4 is 34.7 Å². The average molecular weight is 710 g/mol. The van der Waals surface area contributed by atoms with Gasteiger partial charge >= 0.3 is 12.0 Å². The van der Waals surface area contributed by atoms with Gasteiger partial charge in [-0.2, -0.15) is 0 Å². The monoisotopic (exact) mass is 709 g/mol. The molecule has 6 rings (SSSR count). The summed E-state index contributed by atoms with van der Waals surface area (Å²) in [5, 5.41) is 19.3. The number of nitrogens with zero attached hydrogens (tertiary/aromatic N) is 2. The number of hydrogen-bond donors (Lipinski definition) is 4. The number of likely N-dealkylation sites (tertiary alicyclic amines) is 1. The smallest absolute Gasteiger partial charge is 0.330 e. The lowest BCUT2D eigenvalue weighted by molar-refractivity contribution is -0.144. The lowest BCUT2D eigenvalue weighted by atomic mass is 9.86. The summed E-state index contributed by atoms with van der Waals surface area (Å²) in [7, 11) is 1.58. The van der Waals surface area contributed by atoms with Crippen LogP contribution in [0.4, 0.5) is 4.79 Å². The molecule has 0 spiro atoms. The topological polar surface area (TPSA) is 172 Å². The fourth-order valence-electron chi connectivity index (χ4n) is 6.51. The fourth-order valence-corrected chi connectivity index (χ4v) is 6.51. The van der Waals surface area contributed by atoms with Crippen LogP contribution in [0, 0.1) is 11.3 Å². The van der Waals surface area contributed by atoms with Crippen LogP contribution in [0.25, 0.3) is 22.2 Å². The van der Waals surface area contributed by atoms with Gasteiger partial charge in [0.05, 0.1) is 42.7 Å². The predicted molar refractivity (Wildman–Crippen MR) is 193 cm³/mol. The summed E-state index contributed by atoms with van der Waals surface area (Å²) in [5.41, 5.74) is 0.520. The second kappa shape index (κ2) is 14.4. The Kier molecular flexibility index (Phi) is 9.96. The number of aliphatic carboxylic acids is 1. The molecule has 3 heterocycles. The molecule has 5 atom stereocenters. The normalized spacial score (nSPS) is 21.5. The number of carboxylic acid groups (broad SMARTS) is 1. The molecule has 2 aliphatic rings. The Bertz CT molecular complexity index is 1980. The Labute approximate surface area is 301 Å². The molecule has 4 amide bonds. The number of furan rings is 1. The van der Waals surface area contributed by atoms with Crippen LogP contribution >= 0.6 is 0 Å². The highest BCUT2D eigenvalue weighted by Crippen LogP contribution is 2.45. The van der Waals surface area contributed by atoms with Gasteiger partial charge in [0.2, 0.25) is 5.91 Å². The highest BCUT2D eigenvalue weighted by atomic mass is 16.5. The van der Waals surface area contributed by atoms with Crippen molar-refractivity contribution in [2.75, 3.05) is 20.2 Å². The van der Waals surface area contributed by atoms with E-state index in [0.717, 1.165) is 5.56 Å². The van der Waals surface area contributed by atoms with Crippen molar-refractivity contribution in [3.8, 4) is 22.8 Å². The van der Waals surface area contributed by atoms with Crippen LogP contribution in [0.1, 0.15) is 44.0 Å². The number of carboxylic acids is 1. The summed E-state index contributed by atoms with van der Waals surface area (Å²) in [5.74, 6) is -1.45. The van der Waals surface area contributed by atoms with Crippen molar-refractivity contribution < 1.29 is 38.2 Å². The van der Waals surface area contributed by atoms with E-state index in [-0.39, 0.29) is 31.8 Å². The second-order valence-electron chi connectivity index (χ2n) is 14.3. The molecule has 1 aliphatic heterocycles. The highest BCUT2D eigenvalue weighted by Gasteiger charge is 2.61. The van der Waals surface area contributed by atoms with Gasteiger partial charge in [0.1, 0.15) is 35.4 Å². The lowest BCUT2D eigenvalue weighted by Gasteiger charge is -2.34. The Hall–Kier alpha value is -5.85. The van der Waals surface area contributed by atoms with Gasteiger partial charge in [-0.3, -0.25) is 9.59 Å². The third-order valence-corrected chi connectivity index (χ3v) is 9.79. The van der Waals surface area contributed by atoms with Crippen LogP contribution in [0.5, 0.6) is 11.5 Å². The van der Waals surface area contributed by atoms with Gasteiger partial charge in [0.25, 0.3) is 5.91 Å². The summed E-state index contributed by atoms with van der Waals surface area (Å²) >= 11 is 0. The van der Waals surface area contributed by atoms with Crippen LogP contribution in [-0.2, 0) is 9.59 Å². The van der Waals surface area contributed by atoms with E-state index in [0.29, 0.717) is 33.7 Å². The molecule has 0 bridgehead atoms. The highest BCUT2D eigenvalue weighted by molar-refractivity contribution is 5.95. The minimum absolute atomic E-state index is 0.0216. The van der Waals surface area contributed by atoms with Gasteiger partial charge in [-0.1, -0.05) is 57.2 Å². The molecule has 1 saturated carbocycles. The van der Waals surface area contributed by atoms with Crippen LogP contribution in [-0.4, -0.2) is 82.7 Å². The van der Waals surface area contributed by atoms with E-state index >= 15 is 0 Å². The van der Waals surface area contributed by atoms with Crippen LogP contribution in [0.15, 0.2) is 90.3 Å². The molecule has 2 aromatic heterocycles. The predicted octanol–water partition coefficient (Wildman–Crippen LogP) is 5.02. The minimum atomic E-state index is -1.49. The SMILES string of the molecule is C=CC1C[C@]1(NC(=O)[C@@H]1C[C@@H](Oc2cc(-c3ccccc3)nc3cc(OC)ccc23)CN1C(=O)N[C@H](CNC(=O)c1ccoc1)C(C)(C)C)C(=O)O. The van der Waals surface area contributed by atoms with E-state index in [1.54, 1.807) is 19.2 Å². The summed E-state index contributed by atoms with van der Waals surface area (Å²) in [4.78, 5) is 59.3. The van der Waals surface area contributed by atoms with Crippen molar-refractivity contribution in [2.24, 2.45) is 11.3 Å². The molecule has 4 N–H and O–H groups in total. The number of pyridine rings is 1. The zero-order valence-electron chi connectivity index (χ0n) is 29.5. The third kappa shape index (κ3) is 7.43. The van der Waals surface area contributed by atoms with Crippen LogP contribution < -0.4 is 25.4 Å². The summed E-state index contributed by atoms with van der Waals surface area (Å²) < 4.78 is 17.1. The number of fused-ring (bicyclic) bond motifs is 1. The molecule has 2 aromatic carbocycles. The number of methoxy groups -OCH3 is 1. The van der Waals surface area contributed by atoms with E-state index in [4.69, 9.17) is 18.9 Å². The first-order chi connectivity index (χ1) is 24.8. The summed E-state index contributed by atoms with van der Waals surface area (Å²) in [6.07, 6.45) is 3.89. The van der Waals surface area contributed by atoms with E-state index in [1.807, 2.05) is 69.3 Å². The largest absolute Gasteiger partial charge is 0.497 e. The van der Waals surface area contributed by atoms with Crippen molar-refractivity contribution in [3.05, 3.63) is 91.4 Å². The number of carbonyl (C=O) groups is 4. The number of carbonyl (C=O) groups excluding carboxylic acids is 3. The Morgan fingerprint density at radius 3 is 2.54 bits per heavy atom. The Balaban J connectivity index is 1.29. The molecular formula is C39H43N5O8. The molecule has 52 heavy (non-hydrogen) atoms. The number of rotatable bonds is 12. The molecular weight excluding hydrogens is 666 g/mol. The average Bonchev–Trinajstić information content (AvgIpc) is 3.42. The molecule has 1 saturated heterocycles. The lowest BCUT2D eigenvalue weighted by Crippen LogP contribution is -2.58. The van der Waals surface area contributed by atoms with Gasteiger partial charge in [-0.15, -0.1) is 6.58 Å². The molecule has 0 radical (unpaired) electrons. The third-order valence-electron chi connectivity index (χ3n) is 9.79. The van der Waals surface area contributed by atoms with E-state index in [9.17, 15) is 24.3 Å². The molecule has 2 fully saturated rings. The van der Waals surface area contributed by atoms with E-state index in [2.05, 4.69) is 22.5 Å². The number of benzene rings is 2. The number of nitrogens with one attached hydrogen (secondary N) is 3. The first-order valence-corrected chi connectivity index (χ1v) is 17.1. The van der Waals surface area contributed by atoms with Crippen LogP contribution in [0.2, 0.25) is 0 Å². The Morgan fingerprint density at radius 2 is 1.90 bits per heavy atom. The number of hydrogen-bond acceptors (Lipinski definition) is 8. The minimum Gasteiger partial charge on any atom is -0.497 e. The van der Waals surface area contributed by atoms with Gasteiger partial charge in [-0.25, -0.2) is 14.6 Å². The molecule has 4 aromatic rings. The van der Waals surface area contributed by atoms with Crippen molar-refractivity contribution in [1.82, 2.24) is 25.8 Å². The van der Waals surface area contributed by atoms with Crippen molar-refractivity contribution in [1.29, 1.82) is 0 Å². The zero-order valence-corrected chi connectivity index (χ0v) is 29.5. The molecule has 272 valence electrons. The maximum Gasteiger partial charge on any atom is 0.330 e. The number of ether oxygens (including phenoxy) is 2. The molecule has 13 nitrogen and oxygen atoms in total. The van der Waals surface area contributed by atoms with Gasteiger partial charge < -0.3 is 39.8 Å². The molecule has 1 aliphatic carbocycles. The first-order valence-electron chi connectivity index (χ1n) is 17.1. The number of aromatic nitrogens is 1. The number of urea groups is 1. The van der Waals surface area contributed by atoms with E-state index < -0.39 is 53.0 Å². The molecule has 1 unspecified atom stereocenters. The van der Waals surface area contributed by atoms with Crippen LogP contribution in [0.3, 0.4) is 0 Å². The fraction of sp³-hybridized carbons (Fsp3) is 0.359. The van der Waals surface area contributed by atoms with Gasteiger partial charge in [0.15, 0.2) is 0 Å².